The first-order chi connectivity index (χ1) is 15.5. The van der Waals surface area contributed by atoms with E-state index in [2.05, 4.69) is 10.2 Å². The van der Waals surface area contributed by atoms with E-state index < -0.39 is 0 Å². The number of para-hydroxylation sites is 2. The van der Waals surface area contributed by atoms with Crippen molar-refractivity contribution in [3.63, 3.8) is 0 Å². The van der Waals surface area contributed by atoms with Crippen molar-refractivity contribution >= 4 is 64.0 Å². The molecule has 0 N–H and O–H groups in total. The second-order valence-corrected chi connectivity index (χ2v) is 9.91. The summed E-state index contributed by atoms with van der Waals surface area (Å²) in [5.41, 5.74) is 2.53. The van der Waals surface area contributed by atoms with E-state index in [0.29, 0.717) is 21.0 Å². The van der Waals surface area contributed by atoms with Crippen molar-refractivity contribution in [3.8, 4) is 11.4 Å². The average Bonchev–Trinajstić information content (AvgIpc) is 3.15. The Morgan fingerprint density at radius 3 is 2.28 bits per heavy atom. The molecule has 0 saturated carbocycles. The van der Waals surface area contributed by atoms with Crippen molar-refractivity contribution in [3.05, 3.63) is 76.8 Å². The van der Waals surface area contributed by atoms with Crippen LogP contribution in [-0.2, 0) is 11.8 Å². The van der Waals surface area contributed by atoms with E-state index >= 15 is 0 Å². The molecule has 0 bridgehead atoms. The number of hydrogen-bond acceptors (Lipinski definition) is 5. The molecule has 32 heavy (non-hydrogen) atoms. The van der Waals surface area contributed by atoms with Gasteiger partial charge in [-0.25, -0.2) is 0 Å². The number of aromatic nitrogens is 3. The highest BCUT2D eigenvalue weighted by molar-refractivity contribution is 8.00. The molecule has 0 radical (unpaired) electrons. The molecular formula is C23H16Cl2N4OS2. The van der Waals surface area contributed by atoms with Gasteiger partial charge in [-0.1, -0.05) is 71.0 Å². The van der Waals surface area contributed by atoms with E-state index in [0.717, 1.165) is 26.7 Å². The fourth-order valence-corrected chi connectivity index (χ4v) is 5.82. The first-order valence-electron chi connectivity index (χ1n) is 9.69. The van der Waals surface area contributed by atoms with E-state index in [1.807, 2.05) is 66.2 Å². The van der Waals surface area contributed by atoms with Crippen molar-refractivity contribution in [2.75, 3.05) is 10.7 Å². The minimum atomic E-state index is -0.0238. The summed E-state index contributed by atoms with van der Waals surface area (Å²) in [5.74, 6) is 0.809. The van der Waals surface area contributed by atoms with Gasteiger partial charge >= 0.3 is 0 Å². The zero-order valence-corrected chi connectivity index (χ0v) is 20.0. The third-order valence-corrected chi connectivity index (χ3v) is 7.70. The van der Waals surface area contributed by atoms with Gasteiger partial charge in [-0.15, -0.1) is 10.2 Å². The highest BCUT2D eigenvalue weighted by Gasteiger charge is 2.28. The highest BCUT2D eigenvalue weighted by atomic mass is 35.5. The zero-order valence-electron chi connectivity index (χ0n) is 16.8. The van der Waals surface area contributed by atoms with Gasteiger partial charge in [-0.3, -0.25) is 9.69 Å². The molecule has 0 spiro atoms. The number of rotatable bonds is 4. The normalized spacial score (nSPS) is 12.4. The molecule has 0 atom stereocenters. The molecule has 1 aromatic heterocycles. The van der Waals surface area contributed by atoms with Gasteiger partial charge in [-0.05, 0) is 42.5 Å². The number of thioether (sulfide) groups is 1. The van der Waals surface area contributed by atoms with Gasteiger partial charge in [0.05, 0.1) is 22.2 Å². The molecule has 5 rings (SSSR count). The molecule has 160 valence electrons. The summed E-state index contributed by atoms with van der Waals surface area (Å²) in [6.07, 6.45) is 0. The largest absolute Gasteiger partial charge is 0.305 e. The summed E-state index contributed by atoms with van der Waals surface area (Å²) in [4.78, 5) is 17.3. The van der Waals surface area contributed by atoms with E-state index in [9.17, 15) is 4.79 Å². The van der Waals surface area contributed by atoms with Crippen LogP contribution in [-0.4, -0.2) is 26.4 Å². The van der Waals surface area contributed by atoms with E-state index in [1.165, 1.54) is 11.8 Å². The van der Waals surface area contributed by atoms with Crippen LogP contribution in [0.4, 0.5) is 11.4 Å². The summed E-state index contributed by atoms with van der Waals surface area (Å²) < 4.78 is 1.83. The molecule has 0 unspecified atom stereocenters. The third kappa shape index (κ3) is 3.90. The maximum Gasteiger partial charge on any atom is 0.242 e. The maximum absolute atomic E-state index is 13.4. The van der Waals surface area contributed by atoms with Gasteiger partial charge in [0.2, 0.25) is 5.91 Å². The molecule has 0 fully saturated rings. The lowest BCUT2D eigenvalue weighted by Gasteiger charge is -2.30. The zero-order chi connectivity index (χ0) is 22.2. The highest BCUT2D eigenvalue weighted by Crippen LogP contribution is 2.48. The fraction of sp³-hybridized carbons (Fsp3) is 0.0870. The molecule has 5 nitrogen and oxygen atoms in total. The standard InChI is InChI=1S/C23H16Cl2N4OS2/c1-28-22(15-11-10-14(24)12-16(15)25)26-27-23(28)31-13-21(30)29-17-6-2-4-8-19(17)32-20-9-5-3-7-18(20)29/h2-12H,13H2,1H3. The Morgan fingerprint density at radius 2 is 1.62 bits per heavy atom. The number of fused-ring (bicyclic) bond motifs is 2. The first-order valence-corrected chi connectivity index (χ1v) is 12.2. The van der Waals surface area contributed by atoms with Crippen molar-refractivity contribution in [1.29, 1.82) is 0 Å². The van der Waals surface area contributed by atoms with Crippen LogP contribution in [0.15, 0.2) is 81.7 Å². The van der Waals surface area contributed by atoms with E-state index in [-0.39, 0.29) is 11.7 Å². The van der Waals surface area contributed by atoms with Crippen molar-refractivity contribution < 1.29 is 4.79 Å². The van der Waals surface area contributed by atoms with Crippen LogP contribution in [0, 0.1) is 0 Å². The number of benzene rings is 3. The van der Waals surface area contributed by atoms with Gasteiger partial charge in [0.25, 0.3) is 0 Å². The van der Waals surface area contributed by atoms with Crippen molar-refractivity contribution in [2.24, 2.45) is 7.05 Å². The van der Waals surface area contributed by atoms with Crippen molar-refractivity contribution in [1.82, 2.24) is 14.8 Å². The van der Waals surface area contributed by atoms with Crippen LogP contribution in [0.3, 0.4) is 0 Å². The first kappa shape index (κ1) is 21.4. The Kier molecular flexibility index (Phi) is 5.90. The molecule has 1 aliphatic rings. The second kappa shape index (κ2) is 8.83. The summed E-state index contributed by atoms with van der Waals surface area (Å²) >= 11 is 15.4. The van der Waals surface area contributed by atoms with E-state index in [4.69, 9.17) is 23.2 Å². The second-order valence-electron chi connectivity index (χ2n) is 7.04. The van der Waals surface area contributed by atoms with Gasteiger partial charge < -0.3 is 4.57 Å². The molecule has 9 heteroatoms. The van der Waals surface area contributed by atoms with Crippen LogP contribution < -0.4 is 4.90 Å². The number of carbonyl (C=O) groups excluding carboxylic acids is 1. The maximum atomic E-state index is 13.4. The minimum absolute atomic E-state index is 0.0238. The quantitative estimate of drug-likeness (QED) is 0.292. The number of hydrogen-bond donors (Lipinski definition) is 0. The van der Waals surface area contributed by atoms with Crippen LogP contribution in [0.2, 0.25) is 10.0 Å². The SMILES string of the molecule is Cn1c(SCC(=O)N2c3ccccc3Sc3ccccc32)nnc1-c1ccc(Cl)cc1Cl. The Hall–Kier alpha value is -2.45. The Morgan fingerprint density at radius 1 is 0.969 bits per heavy atom. The number of nitrogens with zero attached hydrogens (tertiary/aromatic N) is 4. The molecule has 0 saturated heterocycles. The number of carbonyl (C=O) groups is 1. The fourth-order valence-electron chi connectivity index (χ4n) is 3.51. The lowest BCUT2D eigenvalue weighted by Crippen LogP contribution is -2.30. The smallest absolute Gasteiger partial charge is 0.242 e. The molecule has 3 aromatic carbocycles. The molecule has 1 amide bonds. The average molecular weight is 499 g/mol. The number of anilines is 2. The summed E-state index contributed by atoms with van der Waals surface area (Å²) in [6.45, 7) is 0. The number of amides is 1. The number of halogens is 2. The molecule has 2 heterocycles. The predicted octanol–water partition coefficient (Wildman–Crippen LogP) is 6.71. The van der Waals surface area contributed by atoms with Crippen LogP contribution in [0.1, 0.15) is 0 Å². The lowest BCUT2D eigenvalue weighted by molar-refractivity contribution is -0.115. The third-order valence-electron chi connectivity index (χ3n) is 5.01. The minimum Gasteiger partial charge on any atom is -0.305 e. The Balaban J connectivity index is 1.40. The van der Waals surface area contributed by atoms with E-state index in [1.54, 1.807) is 28.8 Å². The summed E-state index contributed by atoms with van der Waals surface area (Å²) in [5, 5.41) is 10.2. The van der Waals surface area contributed by atoms with Crippen LogP contribution in [0.5, 0.6) is 0 Å². The molecule has 1 aliphatic heterocycles. The van der Waals surface area contributed by atoms with Crippen LogP contribution >= 0.6 is 46.7 Å². The van der Waals surface area contributed by atoms with Crippen LogP contribution in [0.25, 0.3) is 11.4 Å². The van der Waals surface area contributed by atoms with Gasteiger partial charge in [0.1, 0.15) is 0 Å². The molecule has 0 aliphatic carbocycles. The monoisotopic (exact) mass is 498 g/mol. The molecule has 4 aromatic rings. The summed E-state index contributed by atoms with van der Waals surface area (Å²) in [7, 11) is 1.86. The molecular weight excluding hydrogens is 483 g/mol. The van der Waals surface area contributed by atoms with Gasteiger partial charge in [-0.2, -0.15) is 0 Å². The summed E-state index contributed by atoms with van der Waals surface area (Å²) in [6, 6.07) is 21.1. The lowest BCUT2D eigenvalue weighted by atomic mass is 10.2. The van der Waals surface area contributed by atoms with Crippen molar-refractivity contribution in [2.45, 2.75) is 14.9 Å². The predicted molar refractivity (Wildman–Crippen MR) is 131 cm³/mol. The Bertz CT molecular complexity index is 1300. The van der Waals surface area contributed by atoms with Gasteiger partial charge in [0, 0.05) is 27.4 Å². The Labute approximate surface area is 203 Å². The van der Waals surface area contributed by atoms with Gasteiger partial charge in [0.15, 0.2) is 11.0 Å². The topological polar surface area (TPSA) is 51.0 Å².